The van der Waals surface area contributed by atoms with Crippen molar-refractivity contribution >= 4 is 11.8 Å². The molecule has 5 nitrogen and oxygen atoms in total. The van der Waals surface area contributed by atoms with Gasteiger partial charge in [-0.25, -0.2) is 0 Å². The largest absolute Gasteiger partial charge is 0.352 e. The molecule has 1 heterocycles. The molecule has 3 N–H and O–H groups in total. The molecule has 0 radical (unpaired) electrons. The van der Waals surface area contributed by atoms with Gasteiger partial charge >= 0.3 is 0 Å². The maximum Gasteiger partial charge on any atom is 0.239 e. The molecule has 0 spiro atoms. The Morgan fingerprint density at radius 1 is 1.09 bits per heavy atom. The summed E-state index contributed by atoms with van der Waals surface area (Å²) in [5.74, 6) is 0.897. The summed E-state index contributed by atoms with van der Waals surface area (Å²) in [6.45, 7) is 4.36. The Morgan fingerprint density at radius 3 is 2.55 bits per heavy atom. The molecule has 1 aliphatic carbocycles. The lowest BCUT2D eigenvalue weighted by molar-refractivity contribution is -0.127. The van der Waals surface area contributed by atoms with E-state index in [4.69, 9.17) is 0 Å². The first-order valence-corrected chi connectivity index (χ1v) is 8.92. The van der Waals surface area contributed by atoms with E-state index in [0.717, 1.165) is 25.9 Å². The van der Waals surface area contributed by atoms with Crippen LogP contribution in [0.2, 0.25) is 0 Å². The number of carbonyl (C=O) groups is 2. The molecule has 2 atom stereocenters. The summed E-state index contributed by atoms with van der Waals surface area (Å²) >= 11 is 0. The molecule has 2 unspecified atom stereocenters. The zero-order valence-electron chi connectivity index (χ0n) is 13.8. The minimum atomic E-state index is -0.0489. The number of hydrogen-bond acceptors (Lipinski definition) is 3. The van der Waals surface area contributed by atoms with Crippen LogP contribution in [0.15, 0.2) is 0 Å². The average molecular weight is 309 g/mol. The van der Waals surface area contributed by atoms with Gasteiger partial charge in [0, 0.05) is 12.5 Å². The molecule has 126 valence electrons. The van der Waals surface area contributed by atoms with E-state index in [9.17, 15) is 9.59 Å². The number of rotatable bonds is 6. The number of hydrogen-bond donors (Lipinski definition) is 3. The van der Waals surface area contributed by atoms with Gasteiger partial charge in [-0.1, -0.05) is 26.2 Å². The summed E-state index contributed by atoms with van der Waals surface area (Å²) in [5, 5.41) is 9.19. The Morgan fingerprint density at radius 2 is 1.86 bits per heavy atom. The summed E-state index contributed by atoms with van der Waals surface area (Å²) < 4.78 is 0. The van der Waals surface area contributed by atoms with Crippen LogP contribution < -0.4 is 16.0 Å². The Labute approximate surface area is 134 Å². The maximum atomic E-state index is 12.0. The van der Waals surface area contributed by atoms with Gasteiger partial charge in [-0.2, -0.15) is 0 Å². The highest BCUT2D eigenvalue weighted by Crippen LogP contribution is 2.22. The molecule has 0 aromatic carbocycles. The maximum absolute atomic E-state index is 12.0. The number of amides is 2. The molecule has 2 rings (SSSR count). The van der Waals surface area contributed by atoms with Crippen LogP contribution in [-0.4, -0.2) is 37.5 Å². The van der Waals surface area contributed by atoms with Gasteiger partial charge in [0.1, 0.15) is 0 Å². The fraction of sp³-hybridized carbons (Fsp3) is 0.882. The van der Waals surface area contributed by atoms with Crippen molar-refractivity contribution in [3.8, 4) is 0 Å². The normalized spacial score (nSPS) is 24.5. The van der Waals surface area contributed by atoms with Crippen molar-refractivity contribution in [1.29, 1.82) is 0 Å². The third-order valence-electron chi connectivity index (χ3n) is 5.06. The lowest BCUT2D eigenvalue weighted by Gasteiger charge is -2.28. The van der Waals surface area contributed by atoms with Crippen molar-refractivity contribution in [3.63, 3.8) is 0 Å². The van der Waals surface area contributed by atoms with E-state index in [1.54, 1.807) is 0 Å². The second-order valence-corrected chi connectivity index (χ2v) is 6.97. The van der Waals surface area contributed by atoms with Gasteiger partial charge in [0.05, 0.1) is 6.54 Å². The summed E-state index contributed by atoms with van der Waals surface area (Å²) in [5.41, 5.74) is 0. The molecule has 1 aliphatic heterocycles. The average Bonchev–Trinajstić information content (AvgIpc) is 2.55. The van der Waals surface area contributed by atoms with Gasteiger partial charge in [0.2, 0.25) is 11.8 Å². The SMILES string of the molecule is CC(CC(=O)NCC(=O)NC1CCCCC1)C1CCCNC1. The zero-order chi connectivity index (χ0) is 15.8. The van der Waals surface area contributed by atoms with Crippen LogP contribution in [0.5, 0.6) is 0 Å². The van der Waals surface area contributed by atoms with Crippen molar-refractivity contribution in [3.05, 3.63) is 0 Å². The number of piperidine rings is 1. The summed E-state index contributed by atoms with van der Waals surface area (Å²) in [4.78, 5) is 23.8. The molecule has 0 bridgehead atoms. The van der Waals surface area contributed by atoms with E-state index in [0.29, 0.717) is 24.3 Å². The third kappa shape index (κ3) is 5.95. The van der Waals surface area contributed by atoms with E-state index in [-0.39, 0.29) is 18.4 Å². The van der Waals surface area contributed by atoms with Crippen LogP contribution in [0.3, 0.4) is 0 Å². The quantitative estimate of drug-likeness (QED) is 0.697. The highest BCUT2D eigenvalue weighted by molar-refractivity contribution is 5.84. The van der Waals surface area contributed by atoms with Gasteiger partial charge in [-0.3, -0.25) is 9.59 Å². The molecule has 0 aromatic heterocycles. The molecular weight excluding hydrogens is 278 g/mol. The molecule has 2 amide bonds. The number of nitrogens with one attached hydrogen (secondary N) is 3. The van der Waals surface area contributed by atoms with Gasteiger partial charge in [-0.15, -0.1) is 0 Å². The van der Waals surface area contributed by atoms with Gasteiger partial charge in [-0.05, 0) is 50.6 Å². The molecule has 2 fully saturated rings. The van der Waals surface area contributed by atoms with Crippen LogP contribution >= 0.6 is 0 Å². The van der Waals surface area contributed by atoms with Crippen molar-refractivity contribution in [2.75, 3.05) is 19.6 Å². The first kappa shape index (κ1) is 17.3. The van der Waals surface area contributed by atoms with E-state index >= 15 is 0 Å². The molecule has 1 saturated heterocycles. The Balaban J connectivity index is 1.60. The van der Waals surface area contributed by atoms with Gasteiger partial charge in [0.25, 0.3) is 0 Å². The Kier molecular flexibility index (Phi) is 7.16. The summed E-state index contributed by atoms with van der Waals surface area (Å²) in [6, 6.07) is 0.311. The lowest BCUT2D eigenvalue weighted by Crippen LogP contribution is -2.43. The van der Waals surface area contributed by atoms with Crippen molar-refractivity contribution < 1.29 is 9.59 Å². The summed E-state index contributed by atoms with van der Waals surface area (Å²) in [6.07, 6.45) is 8.73. The van der Waals surface area contributed by atoms with E-state index < -0.39 is 0 Å². The van der Waals surface area contributed by atoms with Crippen LogP contribution in [0, 0.1) is 11.8 Å². The molecule has 1 saturated carbocycles. The molecule has 2 aliphatic rings. The first-order valence-electron chi connectivity index (χ1n) is 8.92. The van der Waals surface area contributed by atoms with Crippen LogP contribution in [0.1, 0.15) is 58.3 Å². The lowest BCUT2D eigenvalue weighted by atomic mass is 9.85. The van der Waals surface area contributed by atoms with Crippen LogP contribution in [-0.2, 0) is 9.59 Å². The minimum absolute atomic E-state index is 0.00290. The fourth-order valence-electron chi connectivity index (χ4n) is 3.60. The summed E-state index contributed by atoms with van der Waals surface area (Å²) in [7, 11) is 0. The van der Waals surface area contributed by atoms with E-state index in [1.165, 1.54) is 32.1 Å². The zero-order valence-corrected chi connectivity index (χ0v) is 13.8. The second kappa shape index (κ2) is 9.13. The van der Waals surface area contributed by atoms with E-state index in [2.05, 4.69) is 22.9 Å². The predicted molar refractivity (Wildman–Crippen MR) is 87.4 cm³/mol. The molecular formula is C17H31N3O2. The predicted octanol–water partition coefficient (Wildman–Crippen LogP) is 1.58. The monoisotopic (exact) mass is 309 g/mol. The highest BCUT2D eigenvalue weighted by atomic mass is 16.2. The third-order valence-corrected chi connectivity index (χ3v) is 5.06. The molecule has 5 heteroatoms. The standard InChI is InChI=1S/C17H31N3O2/c1-13(14-6-5-9-18-11-14)10-16(21)19-12-17(22)20-15-7-3-2-4-8-15/h13-15,18H,2-12H2,1H3,(H,19,21)(H,20,22). The number of carbonyl (C=O) groups excluding carboxylic acids is 2. The van der Waals surface area contributed by atoms with Crippen LogP contribution in [0.25, 0.3) is 0 Å². The smallest absolute Gasteiger partial charge is 0.239 e. The molecule has 0 aromatic rings. The Bertz CT molecular complexity index is 361. The fourth-order valence-corrected chi connectivity index (χ4v) is 3.60. The van der Waals surface area contributed by atoms with Gasteiger partial charge < -0.3 is 16.0 Å². The first-order chi connectivity index (χ1) is 10.6. The van der Waals surface area contributed by atoms with Crippen LogP contribution in [0.4, 0.5) is 0 Å². The minimum Gasteiger partial charge on any atom is -0.352 e. The Hall–Kier alpha value is -1.10. The highest BCUT2D eigenvalue weighted by Gasteiger charge is 2.22. The van der Waals surface area contributed by atoms with Crippen molar-refractivity contribution in [2.45, 2.75) is 64.3 Å². The van der Waals surface area contributed by atoms with Crippen molar-refractivity contribution in [1.82, 2.24) is 16.0 Å². The van der Waals surface area contributed by atoms with E-state index in [1.807, 2.05) is 0 Å². The second-order valence-electron chi connectivity index (χ2n) is 6.97. The topological polar surface area (TPSA) is 70.2 Å². The van der Waals surface area contributed by atoms with Crippen molar-refractivity contribution in [2.24, 2.45) is 11.8 Å². The molecule has 22 heavy (non-hydrogen) atoms. The van der Waals surface area contributed by atoms with Gasteiger partial charge in [0.15, 0.2) is 0 Å².